The van der Waals surface area contributed by atoms with Crippen molar-refractivity contribution in [3.63, 3.8) is 0 Å². The van der Waals surface area contributed by atoms with Gasteiger partial charge in [0.05, 0.1) is 23.7 Å². The van der Waals surface area contributed by atoms with Crippen molar-refractivity contribution in [2.75, 3.05) is 13.2 Å². The van der Waals surface area contributed by atoms with Gasteiger partial charge in [-0.05, 0) is 64.1 Å². The molecule has 2 spiro atoms. The maximum atomic E-state index is 6.52. The predicted octanol–water partition coefficient (Wildman–Crippen LogP) is 6.16. The maximum Gasteiger partial charge on any atom is 0.350 e. The second-order valence-electron chi connectivity index (χ2n) is 12.2. The Bertz CT molecular complexity index is 1710. The van der Waals surface area contributed by atoms with Gasteiger partial charge in [-0.1, -0.05) is 0 Å². The Hall–Kier alpha value is -3.96. The highest BCUT2D eigenvalue weighted by atomic mass is 16.9. The monoisotopic (exact) mass is 572 g/mol. The lowest BCUT2D eigenvalue weighted by atomic mass is 10.0. The minimum Gasteiger partial charge on any atom is -0.483 e. The molecule has 2 aromatic heterocycles. The van der Waals surface area contributed by atoms with Crippen LogP contribution in [0.2, 0.25) is 0 Å². The SMILES string of the molecule is CC1(C)O[C@@]23C=Cc4cc5ccoc5c(c4O2)OC[C@H]2O[C@]4(C=Cc5cc6ccoc6c(c5O4)OC[C@H]1O3)OC2(C)C. The van der Waals surface area contributed by atoms with Crippen molar-refractivity contribution >= 4 is 34.1 Å². The van der Waals surface area contributed by atoms with E-state index in [0.717, 1.165) is 21.9 Å². The van der Waals surface area contributed by atoms with Crippen LogP contribution in [-0.4, -0.2) is 48.6 Å². The van der Waals surface area contributed by atoms with Gasteiger partial charge in [0.25, 0.3) is 0 Å². The lowest BCUT2D eigenvalue weighted by Crippen LogP contribution is -2.40. The standard InChI is InChI=1S/C32H28O10/c1-29(2)21-15-35-27-23-19(7-11-33-23)14-18-6-10-32(40-26(18)27)38-22(30(3,4)42-32)16-36-28-24-20(8-12-34-24)13-17-5-9-31(37-21,41-29)39-25(17)28/h5-14,21-22H,15-16H2,1-4H3/t21-,22-,31-,32+/m1/s1. The molecular weight excluding hydrogens is 544 g/mol. The van der Waals surface area contributed by atoms with Crippen molar-refractivity contribution in [2.45, 2.75) is 63.1 Å². The van der Waals surface area contributed by atoms with E-state index in [1.807, 2.05) is 64.1 Å². The summed E-state index contributed by atoms with van der Waals surface area (Å²) in [7, 11) is 0. The van der Waals surface area contributed by atoms with E-state index in [4.69, 9.17) is 46.7 Å². The molecule has 7 heterocycles. The third-order valence-electron chi connectivity index (χ3n) is 8.52. The Morgan fingerprint density at radius 3 is 1.52 bits per heavy atom. The highest BCUT2D eigenvalue weighted by Crippen LogP contribution is 2.52. The third kappa shape index (κ3) is 3.40. The first-order valence-electron chi connectivity index (χ1n) is 14.0. The Balaban J connectivity index is 1.21. The molecule has 2 saturated heterocycles. The maximum absolute atomic E-state index is 6.52. The normalized spacial score (nSPS) is 31.4. The van der Waals surface area contributed by atoms with Crippen molar-refractivity contribution in [1.82, 2.24) is 0 Å². The summed E-state index contributed by atoms with van der Waals surface area (Å²) in [4.78, 5) is 0. The minimum absolute atomic E-state index is 0.113. The summed E-state index contributed by atoms with van der Waals surface area (Å²) in [6.07, 6.45) is 9.52. The van der Waals surface area contributed by atoms with Crippen LogP contribution in [0.1, 0.15) is 38.8 Å². The first-order valence-corrected chi connectivity index (χ1v) is 14.0. The topological polar surface area (TPSA) is 100 Å². The Kier molecular flexibility index (Phi) is 4.63. The summed E-state index contributed by atoms with van der Waals surface area (Å²) in [5.74, 6) is -1.29. The van der Waals surface area contributed by atoms with Gasteiger partial charge in [0.15, 0.2) is 22.7 Å². The fraction of sp³-hybridized carbons (Fsp3) is 0.375. The summed E-state index contributed by atoms with van der Waals surface area (Å²) in [5.41, 5.74) is 1.10. The number of rotatable bonds is 0. The first-order chi connectivity index (χ1) is 20.1. The smallest absolute Gasteiger partial charge is 0.350 e. The number of furan rings is 2. The van der Waals surface area contributed by atoms with E-state index in [0.29, 0.717) is 34.2 Å². The van der Waals surface area contributed by atoms with Crippen molar-refractivity contribution in [1.29, 1.82) is 0 Å². The molecule has 2 fully saturated rings. The summed E-state index contributed by atoms with van der Waals surface area (Å²) >= 11 is 0. The molecule has 4 aromatic rings. The Labute approximate surface area is 240 Å². The molecule has 4 atom stereocenters. The van der Waals surface area contributed by atoms with Gasteiger partial charge in [0.2, 0.25) is 11.5 Å². The van der Waals surface area contributed by atoms with Crippen molar-refractivity contribution in [2.24, 2.45) is 0 Å². The molecule has 0 unspecified atom stereocenters. The van der Waals surface area contributed by atoms with Gasteiger partial charge in [0.1, 0.15) is 25.4 Å². The lowest BCUT2D eigenvalue weighted by molar-refractivity contribution is -0.273. The fourth-order valence-electron chi connectivity index (χ4n) is 6.24. The van der Waals surface area contributed by atoms with Crippen LogP contribution in [0.5, 0.6) is 23.0 Å². The molecule has 216 valence electrons. The minimum atomic E-state index is -1.50. The van der Waals surface area contributed by atoms with Crippen molar-refractivity contribution in [3.05, 3.63) is 60.1 Å². The van der Waals surface area contributed by atoms with Gasteiger partial charge in [-0.25, -0.2) is 0 Å². The van der Waals surface area contributed by atoms with Crippen LogP contribution < -0.4 is 18.9 Å². The van der Waals surface area contributed by atoms with E-state index in [1.165, 1.54) is 0 Å². The van der Waals surface area contributed by atoms with E-state index in [9.17, 15) is 0 Å². The van der Waals surface area contributed by atoms with E-state index in [-0.39, 0.29) is 13.2 Å². The largest absolute Gasteiger partial charge is 0.483 e. The highest BCUT2D eigenvalue weighted by molar-refractivity contribution is 5.91. The Morgan fingerprint density at radius 1 is 0.619 bits per heavy atom. The van der Waals surface area contributed by atoms with Crippen LogP contribution >= 0.6 is 0 Å². The molecule has 5 aliphatic heterocycles. The van der Waals surface area contributed by atoms with Crippen molar-refractivity contribution < 1.29 is 46.7 Å². The Morgan fingerprint density at radius 2 is 1.07 bits per heavy atom. The van der Waals surface area contributed by atoms with Crippen LogP contribution in [0.3, 0.4) is 0 Å². The van der Waals surface area contributed by atoms with Crippen LogP contribution in [0.15, 0.2) is 57.8 Å². The summed E-state index contributed by atoms with van der Waals surface area (Å²) < 4.78 is 63.6. The van der Waals surface area contributed by atoms with Gasteiger partial charge >= 0.3 is 11.9 Å². The zero-order chi connectivity index (χ0) is 28.5. The van der Waals surface area contributed by atoms with Gasteiger partial charge in [0, 0.05) is 34.1 Å². The quantitative estimate of drug-likeness (QED) is 0.244. The molecule has 2 aromatic carbocycles. The zero-order valence-electron chi connectivity index (χ0n) is 23.4. The van der Waals surface area contributed by atoms with Crippen LogP contribution in [-0.2, 0) is 18.9 Å². The molecule has 9 rings (SSSR count). The number of ether oxygens (including phenoxy) is 8. The van der Waals surface area contributed by atoms with Gasteiger partial charge < -0.3 is 46.7 Å². The van der Waals surface area contributed by atoms with Gasteiger partial charge in [-0.3, -0.25) is 0 Å². The molecule has 0 aliphatic carbocycles. The van der Waals surface area contributed by atoms with E-state index < -0.39 is 35.4 Å². The molecule has 0 saturated carbocycles. The molecule has 6 bridgehead atoms. The molecule has 10 heteroatoms. The number of fused-ring (bicyclic) bond motifs is 6. The number of hydrogen-bond donors (Lipinski definition) is 0. The van der Waals surface area contributed by atoms with E-state index in [2.05, 4.69) is 0 Å². The lowest BCUT2D eigenvalue weighted by Gasteiger charge is -2.31. The average Bonchev–Trinajstić information content (AvgIpc) is 3.69. The molecular formula is C32H28O10. The fourth-order valence-corrected chi connectivity index (χ4v) is 6.24. The molecule has 0 radical (unpaired) electrons. The average molecular weight is 573 g/mol. The summed E-state index contributed by atoms with van der Waals surface area (Å²) in [5, 5.41) is 1.74. The van der Waals surface area contributed by atoms with Gasteiger partial charge in [-0.2, -0.15) is 0 Å². The van der Waals surface area contributed by atoms with Gasteiger partial charge in [-0.15, -0.1) is 0 Å². The second kappa shape index (κ2) is 7.90. The molecule has 0 amide bonds. The summed E-state index contributed by atoms with van der Waals surface area (Å²) in [6, 6.07) is 7.71. The zero-order valence-corrected chi connectivity index (χ0v) is 23.4. The number of hydrogen-bond acceptors (Lipinski definition) is 10. The van der Waals surface area contributed by atoms with E-state index >= 15 is 0 Å². The predicted molar refractivity (Wildman–Crippen MR) is 148 cm³/mol. The summed E-state index contributed by atoms with van der Waals surface area (Å²) in [6.45, 7) is 7.96. The molecule has 10 nitrogen and oxygen atoms in total. The van der Waals surface area contributed by atoms with Crippen LogP contribution in [0.4, 0.5) is 0 Å². The third-order valence-corrected chi connectivity index (χ3v) is 8.52. The van der Waals surface area contributed by atoms with Crippen LogP contribution in [0.25, 0.3) is 34.1 Å². The van der Waals surface area contributed by atoms with Crippen LogP contribution in [0, 0.1) is 0 Å². The first kappa shape index (κ1) is 24.6. The van der Waals surface area contributed by atoms with Crippen molar-refractivity contribution in [3.8, 4) is 23.0 Å². The number of benzene rings is 2. The molecule has 5 aliphatic rings. The second-order valence-corrected chi connectivity index (χ2v) is 12.2. The highest BCUT2D eigenvalue weighted by Gasteiger charge is 2.57. The van der Waals surface area contributed by atoms with E-state index in [1.54, 1.807) is 24.7 Å². The molecule has 42 heavy (non-hydrogen) atoms. The molecule has 0 N–H and O–H groups in total.